The maximum Gasteiger partial charge on any atom is -0.00135 e. The second kappa shape index (κ2) is 6.02. The van der Waals surface area contributed by atoms with Crippen molar-refractivity contribution in [1.82, 2.24) is 0 Å². The lowest BCUT2D eigenvalue weighted by Crippen LogP contribution is -1.77. The molecule has 0 heteroatoms. The Morgan fingerprint density at radius 3 is 1.78 bits per heavy atom. The fourth-order valence-corrected chi connectivity index (χ4v) is 2.22. The molecular weight excluding hydrogens is 216 g/mol. The molecule has 0 spiro atoms. The van der Waals surface area contributed by atoms with E-state index in [9.17, 15) is 0 Å². The first-order chi connectivity index (χ1) is 8.86. The van der Waals surface area contributed by atoms with Crippen LogP contribution in [0.15, 0.2) is 73.3 Å². The van der Waals surface area contributed by atoms with Crippen molar-refractivity contribution >= 4 is 0 Å². The summed E-state index contributed by atoms with van der Waals surface area (Å²) < 4.78 is 0. The standard InChI is InChI=1S/C13H10.C5H8/c1-3-7-12-10(5-1)9-11-6-2-4-8-13(11)12;1-3-5-4-2/h1-8H,9H2;3-5H,1H2,2H3. The van der Waals surface area contributed by atoms with E-state index in [4.69, 9.17) is 0 Å². The summed E-state index contributed by atoms with van der Waals surface area (Å²) in [6.07, 6.45) is 6.68. The summed E-state index contributed by atoms with van der Waals surface area (Å²) in [6.45, 7) is 5.42. The van der Waals surface area contributed by atoms with Crippen LogP contribution in [0.3, 0.4) is 0 Å². The summed E-state index contributed by atoms with van der Waals surface area (Å²) in [7, 11) is 0. The molecule has 0 nitrogen and oxygen atoms in total. The molecule has 0 aliphatic heterocycles. The van der Waals surface area contributed by atoms with Crippen LogP contribution < -0.4 is 0 Å². The largest absolute Gasteiger partial charge is 0.0991 e. The maximum absolute atomic E-state index is 3.46. The van der Waals surface area contributed by atoms with E-state index in [2.05, 4.69) is 55.1 Å². The van der Waals surface area contributed by atoms with Gasteiger partial charge in [-0.3, -0.25) is 0 Å². The summed E-state index contributed by atoms with van der Waals surface area (Å²) >= 11 is 0. The molecule has 2 aromatic rings. The first-order valence-corrected chi connectivity index (χ1v) is 6.26. The van der Waals surface area contributed by atoms with Crippen molar-refractivity contribution in [2.24, 2.45) is 0 Å². The van der Waals surface area contributed by atoms with Gasteiger partial charge in [-0.1, -0.05) is 73.3 Å². The van der Waals surface area contributed by atoms with E-state index in [1.807, 2.05) is 19.1 Å². The Morgan fingerprint density at radius 2 is 1.39 bits per heavy atom. The van der Waals surface area contributed by atoms with E-state index in [1.165, 1.54) is 22.3 Å². The van der Waals surface area contributed by atoms with Crippen LogP contribution in [0.25, 0.3) is 11.1 Å². The highest BCUT2D eigenvalue weighted by Gasteiger charge is 2.15. The summed E-state index contributed by atoms with van der Waals surface area (Å²) in [5, 5.41) is 0. The van der Waals surface area contributed by atoms with Gasteiger partial charge in [0.1, 0.15) is 0 Å². The number of rotatable bonds is 1. The van der Waals surface area contributed by atoms with Gasteiger partial charge >= 0.3 is 0 Å². The molecule has 2 aromatic carbocycles. The van der Waals surface area contributed by atoms with Crippen LogP contribution in [-0.2, 0) is 6.42 Å². The summed E-state index contributed by atoms with van der Waals surface area (Å²) in [5.41, 5.74) is 5.75. The molecular formula is C18H18. The molecule has 0 radical (unpaired) electrons. The molecule has 0 amide bonds. The van der Waals surface area contributed by atoms with Gasteiger partial charge in [-0.2, -0.15) is 0 Å². The van der Waals surface area contributed by atoms with E-state index < -0.39 is 0 Å². The number of fused-ring (bicyclic) bond motifs is 3. The van der Waals surface area contributed by atoms with Crippen LogP contribution in [-0.4, -0.2) is 0 Å². The first kappa shape index (κ1) is 12.4. The highest BCUT2D eigenvalue weighted by Crippen LogP contribution is 2.35. The lowest BCUT2D eigenvalue weighted by molar-refractivity contribution is 1.26. The number of benzene rings is 2. The minimum Gasteiger partial charge on any atom is -0.0991 e. The smallest absolute Gasteiger partial charge is 0.00135 e. The van der Waals surface area contributed by atoms with Crippen LogP contribution in [0.5, 0.6) is 0 Å². The van der Waals surface area contributed by atoms with Gasteiger partial charge in [0, 0.05) is 0 Å². The van der Waals surface area contributed by atoms with Gasteiger partial charge in [0.05, 0.1) is 0 Å². The minimum atomic E-state index is 1.10. The zero-order valence-corrected chi connectivity index (χ0v) is 10.8. The molecule has 0 saturated heterocycles. The van der Waals surface area contributed by atoms with E-state index in [1.54, 1.807) is 6.08 Å². The third-order valence-electron chi connectivity index (χ3n) is 3.03. The van der Waals surface area contributed by atoms with Gasteiger partial charge in [0.25, 0.3) is 0 Å². The van der Waals surface area contributed by atoms with E-state index in [0.717, 1.165) is 6.42 Å². The van der Waals surface area contributed by atoms with Crippen molar-refractivity contribution in [2.75, 3.05) is 0 Å². The highest BCUT2D eigenvalue weighted by atomic mass is 14.2. The zero-order valence-electron chi connectivity index (χ0n) is 10.8. The second-order valence-corrected chi connectivity index (χ2v) is 4.25. The Kier molecular flexibility index (Phi) is 4.14. The molecule has 0 N–H and O–H groups in total. The Labute approximate surface area is 109 Å². The lowest BCUT2D eigenvalue weighted by atomic mass is 10.1. The van der Waals surface area contributed by atoms with Gasteiger partial charge in [0.15, 0.2) is 0 Å². The van der Waals surface area contributed by atoms with Gasteiger partial charge in [-0.05, 0) is 35.6 Å². The van der Waals surface area contributed by atoms with E-state index in [-0.39, 0.29) is 0 Å². The summed E-state index contributed by atoms with van der Waals surface area (Å²) in [5.74, 6) is 0. The summed E-state index contributed by atoms with van der Waals surface area (Å²) in [4.78, 5) is 0. The Balaban J connectivity index is 0.000000209. The van der Waals surface area contributed by atoms with Crippen LogP contribution in [0, 0.1) is 0 Å². The van der Waals surface area contributed by atoms with Crippen molar-refractivity contribution in [3.8, 4) is 11.1 Å². The zero-order chi connectivity index (χ0) is 12.8. The van der Waals surface area contributed by atoms with Crippen molar-refractivity contribution in [1.29, 1.82) is 0 Å². The van der Waals surface area contributed by atoms with Crippen molar-refractivity contribution in [3.05, 3.63) is 84.5 Å². The summed E-state index contributed by atoms with van der Waals surface area (Å²) in [6, 6.07) is 17.3. The molecule has 1 aliphatic rings. The van der Waals surface area contributed by atoms with E-state index in [0.29, 0.717) is 0 Å². The normalized spacial score (nSPS) is 11.4. The fraction of sp³-hybridized carbons (Fsp3) is 0.111. The molecule has 0 fully saturated rings. The number of hydrogen-bond acceptors (Lipinski definition) is 0. The van der Waals surface area contributed by atoms with Crippen LogP contribution in [0.4, 0.5) is 0 Å². The van der Waals surface area contributed by atoms with E-state index >= 15 is 0 Å². The molecule has 90 valence electrons. The van der Waals surface area contributed by atoms with Gasteiger partial charge in [0.2, 0.25) is 0 Å². The Hall–Kier alpha value is -2.08. The second-order valence-electron chi connectivity index (χ2n) is 4.25. The number of allylic oxidation sites excluding steroid dienone is 3. The molecule has 3 rings (SSSR count). The van der Waals surface area contributed by atoms with Crippen LogP contribution in [0.2, 0.25) is 0 Å². The van der Waals surface area contributed by atoms with Crippen LogP contribution >= 0.6 is 0 Å². The molecule has 0 heterocycles. The Morgan fingerprint density at radius 1 is 0.889 bits per heavy atom. The monoisotopic (exact) mass is 234 g/mol. The molecule has 18 heavy (non-hydrogen) atoms. The van der Waals surface area contributed by atoms with Gasteiger partial charge in [-0.25, -0.2) is 0 Å². The average Bonchev–Trinajstić information content (AvgIpc) is 2.79. The van der Waals surface area contributed by atoms with Gasteiger partial charge in [-0.15, -0.1) is 0 Å². The molecule has 0 atom stereocenters. The van der Waals surface area contributed by atoms with Crippen molar-refractivity contribution in [3.63, 3.8) is 0 Å². The quantitative estimate of drug-likeness (QED) is 0.519. The molecule has 0 saturated carbocycles. The highest BCUT2D eigenvalue weighted by molar-refractivity contribution is 5.76. The molecule has 1 aliphatic carbocycles. The molecule has 0 bridgehead atoms. The van der Waals surface area contributed by atoms with Crippen molar-refractivity contribution in [2.45, 2.75) is 13.3 Å². The SMILES string of the molecule is C=CC=CC.c1ccc2c(c1)Cc1ccccc1-2. The predicted molar refractivity (Wildman–Crippen MR) is 79.7 cm³/mol. The predicted octanol–water partition coefficient (Wildman–Crippen LogP) is 5.01. The maximum atomic E-state index is 3.46. The fourth-order valence-electron chi connectivity index (χ4n) is 2.22. The third-order valence-corrected chi connectivity index (χ3v) is 3.03. The van der Waals surface area contributed by atoms with Crippen LogP contribution in [0.1, 0.15) is 18.1 Å². The number of hydrogen-bond donors (Lipinski definition) is 0. The first-order valence-electron chi connectivity index (χ1n) is 6.26. The topological polar surface area (TPSA) is 0 Å². The average molecular weight is 234 g/mol. The third kappa shape index (κ3) is 2.60. The molecule has 0 unspecified atom stereocenters. The minimum absolute atomic E-state index is 1.10. The van der Waals surface area contributed by atoms with Gasteiger partial charge < -0.3 is 0 Å². The molecule has 0 aromatic heterocycles. The lowest BCUT2D eigenvalue weighted by Gasteiger charge is -1.98. The van der Waals surface area contributed by atoms with Crippen molar-refractivity contribution < 1.29 is 0 Å². The Bertz CT molecular complexity index is 518.